The summed E-state index contributed by atoms with van der Waals surface area (Å²) in [6.45, 7) is 8.64. The number of hydrogen-bond acceptors (Lipinski definition) is 19. The number of carbonyl (C=O) groups is 8. The van der Waals surface area contributed by atoms with Gasteiger partial charge in [-0.1, -0.05) is 32.0 Å². The van der Waals surface area contributed by atoms with Gasteiger partial charge in [0.05, 0.1) is 28.7 Å². The zero-order valence-electron chi connectivity index (χ0n) is 35.6. The van der Waals surface area contributed by atoms with Crippen LogP contribution in [0.3, 0.4) is 0 Å². The van der Waals surface area contributed by atoms with Crippen LogP contribution in [0.5, 0.6) is 0 Å². The molecule has 0 radical (unpaired) electrons. The molecule has 334 valence electrons. The summed E-state index contributed by atoms with van der Waals surface area (Å²) >= 11 is 0. The highest BCUT2D eigenvalue weighted by Gasteiger charge is 2.92. The number of pyridine rings is 1. The maximum Gasteiger partial charge on any atom is 0.340 e. The molecule has 1 saturated heterocycles. The van der Waals surface area contributed by atoms with Crippen molar-refractivity contribution in [3.05, 3.63) is 65.5 Å². The van der Waals surface area contributed by atoms with E-state index in [9.17, 15) is 43.5 Å². The molecule has 4 aliphatic rings. The Morgan fingerprint density at radius 3 is 1.90 bits per heavy atom. The highest BCUT2D eigenvalue weighted by Crippen LogP contribution is 2.70. The van der Waals surface area contributed by atoms with Gasteiger partial charge in [-0.15, -0.1) is 0 Å². The predicted octanol–water partition coefficient (Wildman–Crippen LogP) is 2.33. The van der Waals surface area contributed by atoms with Crippen LogP contribution >= 0.6 is 0 Å². The lowest BCUT2D eigenvalue weighted by molar-refractivity contribution is -0.386. The number of carbonyl (C=O) groups excluding carboxylic acids is 8. The van der Waals surface area contributed by atoms with Crippen molar-refractivity contribution in [2.24, 2.45) is 17.3 Å². The summed E-state index contributed by atoms with van der Waals surface area (Å²) in [6.07, 6.45) is -10.8. The highest BCUT2D eigenvalue weighted by molar-refractivity contribution is 5.91. The second-order valence-electron chi connectivity index (χ2n) is 16.5. The standard InChI is InChI=1S/C43H49NO18/c1-20-21(2)37(50)61-34-32(57-24(5)47)36(59-26(7)49)42(19-54-22(3)45)35(58-25(6)48)31(56-23(4)46)29-33(60-38(51)27-14-11-10-12-15-27)43(42,41(34,9)53)62-40(29,8)18-55-39(52)28-16-13-17-44-30(20)28/h10-17,20-21,29,31-36,53H,18-19H2,1-9H3/t20-,21+,29-,31-,32+,33-,34+,35-,36+,40+,41-,42-,43+/m1/s1. The van der Waals surface area contributed by atoms with Crippen LogP contribution in [0.2, 0.25) is 0 Å². The molecule has 2 aliphatic heterocycles. The first-order valence-corrected chi connectivity index (χ1v) is 19.9. The Morgan fingerprint density at radius 1 is 0.742 bits per heavy atom. The van der Waals surface area contributed by atoms with Crippen molar-refractivity contribution < 1.29 is 86.1 Å². The van der Waals surface area contributed by atoms with Crippen LogP contribution in [0.4, 0.5) is 0 Å². The molecule has 3 heterocycles. The van der Waals surface area contributed by atoms with E-state index in [1.165, 1.54) is 56.4 Å². The smallest absolute Gasteiger partial charge is 0.340 e. The molecule has 19 heteroatoms. The Morgan fingerprint density at radius 2 is 1.32 bits per heavy atom. The molecule has 2 aromatic rings. The first kappa shape index (κ1) is 45.6. The van der Waals surface area contributed by atoms with Crippen LogP contribution in [0.1, 0.15) is 94.6 Å². The highest BCUT2D eigenvalue weighted by atomic mass is 16.7. The fraction of sp³-hybridized carbons (Fsp3) is 0.558. The van der Waals surface area contributed by atoms with Gasteiger partial charge in [0.15, 0.2) is 30.0 Å². The van der Waals surface area contributed by atoms with Crippen LogP contribution in [0.15, 0.2) is 48.7 Å². The third kappa shape index (κ3) is 7.43. The molecule has 2 saturated carbocycles. The van der Waals surface area contributed by atoms with Crippen molar-refractivity contribution in [2.75, 3.05) is 13.2 Å². The number of nitrogens with zero attached hydrogens (tertiary/aromatic N) is 1. The Bertz CT molecular complexity index is 2160. The molecule has 1 aromatic heterocycles. The summed E-state index contributed by atoms with van der Waals surface area (Å²) in [5, 5.41) is 13.7. The Kier molecular flexibility index (Phi) is 12.3. The number of benzene rings is 1. The SMILES string of the molecule is CC(=O)OC[C@]12[C@H](OC(C)=O)[C@H](OC(C)=O)[C@@H]3[C@@H](OC(=O)c4ccccc4)[C@@]14O[C@@]3(C)COC(=O)c1cccnc1[C@H](C)[C@H](C)C(=O)O[C@@H]([C@H](OC(C)=O)[C@@H]2OC(C)=O)[C@@]4(C)O. The molecule has 1 spiro atoms. The lowest BCUT2D eigenvalue weighted by Gasteiger charge is -2.67. The minimum absolute atomic E-state index is 0.0290. The summed E-state index contributed by atoms with van der Waals surface area (Å²) < 4.78 is 55.4. The molecule has 1 aromatic carbocycles. The van der Waals surface area contributed by atoms with Gasteiger partial charge in [-0.2, -0.15) is 0 Å². The first-order chi connectivity index (χ1) is 29.0. The van der Waals surface area contributed by atoms with E-state index in [0.717, 1.165) is 41.5 Å². The minimum Gasteiger partial charge on any atom is -0.465 e. The maximum absolute atomic E-state index is 14.5. The Labute approximate surface area is 355 Å². The van der Waals surface area contributed by atoms with Crippen molar-refractivity contribution >= 4 is 47.8 Å². The maximum atomic E-state index is 14.5. The quantitative estimate of drug-likeness (QED) is 0.295. The van der Waals surface area contributed by atoms with E-state index in [0.29, 0.717) is 0 Å². The van der Waals surface area contributed by atoms with E-state index in [1.807, 2.05) is 0 Å². The van der Waals surface area contributed by atoms with Crippen molar-refractivity contribution in [1.82, 2.24) is 4.98 Å². The van der Waals surface area contributed by atoms with Crippen LogP contribution in [0.25, 0.3) is 0 Å². The van der Waals surface area contributed by atoms with Gasteiger partial charge in [0.2, 0.25) is 0 Å². The monoisotopic (exact) mass is 867 g/mol. The van der Waals surface area contributed by atoms with Crippen LogP contribution in [0, 0.1) is 17.3 Å². The van der Waals surface area contributed by atoms with Gasteiger partial charge in [0.25, 0.3) is 0 Å². The fourth-order valence-electron chi connectivity index (χ4n) is 9.83. The Balaban J connectivity index is 1.81. The molecule has 62 heavy (non-hydrogen) atoms. The largest absolute Gasteiger partial charge is 0.465 e. The van der Waals surface area contributed by atoms with Crippen molar-refractivity contribution in [1.29, 1.82) is 0 Å². The van der Waals surface area contributed by atoms with Gasteiger partial charge in [0, 0.05) is 46.7 Å². The molecule has 4 bridgehead atoms. The molecule has 0 unspecified atom stereocenters. The summed E-state index contributed by atoms with van der Waals surface area (Å²) in [5.41, 5.74) is -10.4. The van der Waals surface area contributed by atoms with Gasteiger partial charge < -0.3 is 47.7 Å². The lowest BCUT2D eigenvalue weighted by Crippen LogP contribution is -2.89. The van der Waals surface area contributed by atoms with E-state index in [1.54, 1.807) is 13.0 Å². The fourth-order valence-corrected chi connectivity index (χ4v) is 9.83. The average molecular weight is 868 g/mol. The topological polar surface area (TPSA) is 253 Å². The average Bonchev–Trinajstić information content (AvgIpc) is 3.42. The number of fused-ring (bicyclic) bond motifs is 5. The second-order valence-corrected chi connectivity index (χ2v) is 16.5. The molecular formula is C43H49NO18. The van der Waals surface area contributed by atoms with Crippen LogP contribution in [-0.2, 0) is 71.4 Å². The van der Waals surface area contributed by atoms with E-state index < -0.39 is 138 Å². The molecule has 0 amide bonds. The van der Waals surface area contributed by atoms with Gasteiger partial charge >= 0.3 is 47.8 Å². The summed E-state index contributed by atoms with van der Waals surface area (Å²) in [6, 6.07) is 10.4. The molecule has 2 aliphatic carbocycles. The van der Waals surface area contributed by atoms with Gasteiger partial charge in [0.1, 0.15) is 42.0 Å². The van der Waals surface area contributed by atoms with Crippen LogP contribution < -0.4 is 0 Å². The normalized spacial score (nSPS) is 36.0. The predicted molar refractivity (Wildman–Crippen MR) is 205 cm³/mol. The van der Waals surface area contributed by atoms with Crippen molar-refractivity contribution in [2.45, 2.75) is 122 Å². The zero-order valence-corrected chi connectivity index (χ0v) is 35.6. The zero-order chi connectivity index (χ0) is 45.7. The molecular weight excluding hydrogens is 818 g/mol. The van der Waals surface area contributed by atoms with E-state index in [-0.39, 0.29) is 16.8 Å². The summed E-state index contributed by atoms with van der Waals surface area (Å²) in [5.74, 6) is -11.9. The Hall–Kier alpha value is -5.95. The number of cyclic esters (lactones) is 1. The van der Waals surface area contributed by atoms with Crippen molar-refractivity contribution in [3.63, 3.8) is 0 Å². The van der Waals surface area contributed by atoms with E-state index in [2.05, 4.69) is 4.98 Å². The number of ether oxygens (including phenoxy) is 9. The second kappa shape index (κ2) is 16.7. The number of esters is 8. The molecule has 1 N–H and O–H groups in total. The minimum atomic E-state index is -2.87. The van der Waals surface area contributed by atoms with Crippen LogP contribution in [-0.4, -0.2) is 124 Å². The third-order valence-corrected chi connectivity index (χ3v) is 12.4. The molecule has 19 nitrogen and oxygen atoms in total. The number of rotatable bonds is 8. The number of aliphatic hydroxyl groups is 1. The molecule has 3 fully saturated rings. The van der Waals surface area contributed by atoms with E-state index in [4.69, 9.17) is 42.6 Å². The third-order valence-electron chi connectivity index (χ3n) is 12.4. The molecule has 13 atom stereocenters. The number of hydrogen-bond donors (Lipinski definition) is 1. The van der Waals surface area contributed by atoms with Gasteiger partial charge in [-0.3, -0.25) is 33.8 Å². The number of aromatic nitrogens is 1. The first-order valence-electron chi connectivity index (χ1n) is 19.9. The lowest BCUT2D eigenvalue weighted by atomic mass is 9.45. The molecule has 6 rings (SSSR count). The van der Waals surface area contributed by atoms with Crippen molar-refractivity contribution in [3.8, 4) is 0 Å². The summed E-state index contributed by atoms with van der Waals surface area (Å²) in [4.78, 5) is 114. The van der Waals surface area contributed by atoms with E-state index >= 15 is 0 Å². The summed E-state index contributed by atoms with van der Waals surface area (Å²) in [7, 11) is 0. The van der Waals surface area contributed by atoms with Gasteiger partial charge in [-0.25, -0.2) is 9.59 Å². The van der Waals surface area contributed by atoms with Gasteiger partial charge in [-0.05, 0) is 38.1 Å².